The lowest BCUT2D eigenvalue weighted by atomic mass is 10.0. The van der Waals surface area contributed by atoms with E-state index in [0.717, 1.165) is 28.0 Å². The van der Waals surface area contributed by atoms with E-state index in [1.54, 1.807) is 13.3 Å². The van der Waals surface area contributed by atoms with Gasteiger partial charge in [0.2, 0.25) is 0 Å². The van der Waals surface area contributed by atoms with Gasteiger partial charge in [-0.2, -0.15) is 0 Å². The molecule has 2 N–H and O–H groups in total. The zero-order chi connectivity index (χ0) is 12.4. The van der Waals surface area contributed by atoms with Gasteiger partial charge in [-0.15, -0.1) is 0 Å². The second-order valence-corrected chi connectivity index (χ2v) is 4.11. The number of aromatic nitrogens is 1. The van der Waals surface area contributed by atoms with Gasteiger partial charge < -0.3 is 10.5 Å². The molecule has 0 saturated heterocycles. The third-order valence-corrected chi connectivity index (χ3v) is 2.78. The van der Waals surface area contributed by atoms with Crippen LogP contribution in [-0.4, -0.2) is 12.1 Å². The molecule has 0 aliphatic carbocycles. The highest BCUT2D eigenvalue weighted by molar-refractivity contribution is 5.69. The first-order valence-corrected chi connectivity index (χ1v) is 5.49. The summed E-state index contributed by atoms with van der Waals surface area (Å²) in [7, 11) is 1.69. The maximum absolute atomic E-state index is 5.69. The summed E-state index contributed by atoms with van der Waals surface area (Å²) in [5.74, 6) is 1.48. The third-order valence-electron chi connectivity index (χ3n) is 2.78. The van der Waals surface area contributed by atoms with Crippen molar-refractivity contribution in [1.29, 1.82) is 0 Å². The molecule has 1 heterocycles. The van der Waals surface area contributed by atoms with Crippen molar-refractivity contribution in [2.45, 2.75) is 13.8 Å². The summed E-state index contributed by atoms with van der Waals surface area (Å²) >= 11 is 0. The van der Waals surface area contributed by atoms with Crippen LogP contribution in [0.15, 0.2) is 30.5 Å². The van der Waals surface area contributed by atoms with Crippen molar-refractivity contribution in [3.05, 3.63) is 41.6 Å². The van der Waals surface area contributed by atoms with Gasteiger partial charge in [0.05, 0.1) is 7.11 Å². The van der Waals surface area contributed by atoms with Crippen molar-refractivity contribution >= 4 is 5.82 Å². The molecule has 0 fully saturated rings. The van der Waals surface area contributed by atoms with E-state index in [9.17, 15) is 0 Å². The van der Waals surface area contributed by atoms with Crippen LogP contribution in [0.3, 0.4) is 0 Å². The predicted octanol–water partition coefficient (Wildman–Crippen LogP) is 2.96. The molecular weight excluding hydrogens is 212 g/mol. The number of methoxy groups -OCH3 is 1. The Morgan fingerprint density at radius 2 is 1.71 bits per heavy atom. The summed E-state index contributed by atoms with van der Waals surface area (Å²) in [6, 6.07) is 8.03. The number of hydrogen-bond donors (Lipinski definition) is 1. The van der Waals surface area contributed by atoms with Crippen molar-refractivity contribution in [1.82, 2.24) is 4.98 Å². The second kappa shape index (κ2) is 4.45. The number of aryl methyl sites for hydroxylation is 2. The molecule has 3 heteroatoms. The Balaban J connectivity index is 2.54. The van der Waals surface area contributed by atoms with Gasteiger partial charge >= 0.3 is 0 Å². The maximum Gasteiger partial charge on any atom is 0.124 e. The molecule has 17 heavy (non-hydrogen) atoms. The molecule has 2 aromatic rings. The summed E-state index contributed by atoms with van der Waals surface area (Å²) in [4.78, 5) is 4.00. The Labute approximate surface area is 101 Å². The first-order valence-electron chi connectivity index (χ1n) is 5.49. The van der Waals surface area contributed by atoms with Gasteiger partial charge in [-0.05, 0) is 60.4 Å². The molecule has 0 atom stereocenters. The van der Waals surface area contributed by atoms with Crippen LogP contribution in [0.4, 0.5) is 5.82 Å². The number of ether oxygens (including phenoxy) is 1. The highest BCUT2D eigenvalue weighted by Crippen LogP contribution is 2.30. The highest BCUT2D eigenvalue weighted by Gasteiger charge is 2.06. The van der Waals surface area contributed by atoms with Crippen molar-refractivity contribution in [3.8, 4) is 16.9 Å². The fourth-order valence-corrected chi connectivity index (χ4v) is 2.07. The third kappa shape index (κ3) is 2.23. The number of nitrogens with zero attached hydrogens (tertiary/aromatic N) is 1. The summed E-state index contributed by atoms with van der Waals surface area (Å²) in [6.07, 6.45) is 1.72. The minimum atomic E-state index is 0.536. The van der Waals surface area contributed by atoms with E-state index in [4.69, 9.17) is 10.5 Å². The summed E-state index contributed by atoms with van der Waals surface area (Å²) in [5, 5.41) is 0. The van der Waals surface area contributed by atoms with Crippen LogP contribution in [0.1, 0.15) is 11.1 Å². The van der Waals surface area contributed by atoms with Gasteiger partial charge in [0.25, 0.3) is 0 Å². The molecule has 0 radical (unpaired) electrons. The van der Waals surface area contributed by atoms with E-state index in [0.29, 0.717) is 5.82 Å². The van der Waals surface area contributed by atoms with Crippen LogP contribution < -0.4 is 10.5 Å². The van der Waals surface area contributed by atoms with E-state index in [1.807, 2.05) is 26.0 Å². The molecule has 2 rings (SSSR count). The van der Waals surface area contributed by atoms with Gasteiger partial charge in [0.15, 0.2) is 0 Å². The Bertz CT molecular complexity index is 527. The molecule has 1 aromatic heterocycles. The summed E-state index contributed by atoms with van der Waals surface area (Å²) in [6.45, 7) is 4.08. The smallest absolute Gasteiger partial charge is 0.124 e. The molecule has 0 bridgehead atoms. The van der Waals surface area contributed by atoms with Gasteiger partial charge in [-0.1, -0.05) is 0 Å². The molecule has 3 nitrogen and oxygen atoms in total. The average Bonchev–Trinajstić information content (AvgIpc) is 2.28. The monoisotopic (exact) mass is 228 g/mol. The largest absolute Gasteiger partial charge is 0.496 e. The Morgan fingerprint density at radius 3 is 2.24 bits per heavy atom. The van der Waals surface area contributed by atoms with Crippen molar-refractivity contribution < 1.29 is 4.74 Å². The van der Waals surface area contributed by atoms with E-state index < -0.39 is 0 Å². The van der Waals surface area contributed by atoms with Gasteiger partial charge in [0.1, 0.15) is 11.6 Å². The van der Waals surface area contributed by atoms with Gasteiger partial charge in [-0.3, -0.25) is 0 Å². The van der Waals surface area contributed by atoms with Crippen LogP contribution in [0.5, 0.6) is 5.75 Å². The van der Waals surface area contributed by atoms with Crippen molar-refractivity contribution in [2.75, 3.05) is 12.8 Å². The fraction of sp³-hybridized carbons (Fsp3) is 0.214. The first kappa shape index (κ1) is 11.5. The van der Waals surface area contributed by atoms with E-state index in [-0.39, 0.29) is 0 Å². The summed E-state index contributed by atoms with van der Waals surface area (Å²) in [5.41, 5.74) is 10.1. The minimum Gasteiger partial charge on any atom is -0.496 e. The molecule has 0 spiro atoms. The average molecular weight is 228 g/mol. The van der Waals surface area contributed by atoms with E-state index >= 15 is 0 Å². The SMILES string of the molecule is COc1c(C)cc(-c2ccnc(N)c2)cc1C. The fourth-order valence-electron chi connectivity index (χ4n) is 2.07. The number of pyridine rings is 1. The van der Waals surface area contributed by atoms with Crippen LogP contribution in [0.25, 0.3) is 11.1 Å². The Kier molecular flexibility index (Phi) is 3.00. The summed E-state index contributed by atoms with van der Waals surface area (Å²) < 4.78 is 5.35. The van der Waals surface area contributed by atoms with Crippen molar-refractivity contribution in [2.24, 2.45) is 0 Å². The Hall–Kier alpha value is -2.03. The topological polar surface area (TPSA) is 48.1 Å². The van der Waals surface area contributed by atoms with Gasteiger partial charge in [0, 0.05) is 6.20 Å². The highest BCUT2D eigenvalue weighted by atomic mass is 16.5. The molecular formula is C14H16N2O. The lowest BCUT2D eigenvalue weighted by Gasteiger charge is -2.11. The normalized spacial score (nSPS) is 10.3. The van der Waals surface area contributed by atoms with Crippen LogP contribution >= 0.6 is 0 Å². The van der Waals surface area contributed by atoms with Crippen LogP contribution in [0.2, 0.25) is 0 Å². The molecule has 0 aliphatic rings. The quantitative estimate of drug-likeness (QED) is 0.859. The number of anilines is 1. The molecule has 0 saturated carbocycles. The lowest BCUT2D eigenvalue weighted by molar-refractivity contribution is 0.408. The number of rotatable bonds is 2. The molecule has 0 unspecified atom stereocenters. The van der Waals surface area contributed by atoms with E-state index in [1.165, 1.54) is 0 Å². The molecule has 0 aliphatic heterocycles. The predicted molar refractivity (Wildman–Crippen MR) is 70.1 cm³/mol. The Morgan fingerprint density at radius 1 is 1.06 bits per heavy atom. The number of nitrogen functional groups attached to an aromatic ring is 1. The van der Waals surface area contributed by atoms with Crippen LogP contribution in [-0.2, 0) is 0 Å². The maximum atomic E-state index is 5.69. The number of benzene rings is 1. The minimum absolute atomic E-state index is 0.536. The number of nitrogens with two attached hydrogens (primary N) is 1. The molecule has 88 valence electrons. The molecule has 0 amide bonds. The zero-order valence-electron chi connectivity index (χ0n) is 10.3. The van der Waals surface area contributed by atoms with Crippen LogP contribution in [0, 0.1) is 13.8 Å². The first-order chi connectivity index (χ1) is 8.11. The lowest BCUT2D eigenvalue weighted by Crippen LogP contribution is -1.93. The van der Waals surface area contributed by atoms with E-state index in [2.05, 4.69) is 17.1 Å². The zero-order valence-corrected chi connectivity index (χ0v) is 10.3. The van der Waals surface area contributed by atoms with Gasteiger partial charge in [-0.25, -0.2) is 4.98 Å². The number of hydrogen-bond acceptors (Lipinski definition) is 3. The van der Waals surface area contributed by atoms with Crippen molar-refractivity contribution in [3.63, 3.8) is 0 Å². The molecule has 1 aromatic carbocycles. The standard InChI is InChI=1S/C14H16N2O/c1-9-6-12(7-10(2)14(9)17-3)11-4-5-16-13(15)8-11/h4-8H,1-3H3,(H2,15,16). The second-order valence-electron chi connectivity index (χ2n) is 4.11.